The molecule has 0 aliphatic rings. The number of para-hydroxylation sites is 1. The van der Waals surface area contributed by atoms with Crippen LogP contribution >= 0.6 is 11.3 Å². The van der Waals surface area contributed by atoms with Gasteiger partial charge < -0.3 is 11.1 Å². The average molecular weight is 220 g/mol. The van der Waals surface area contributed by atoms with Gasteiger partial charge in [0.05, 0.1) is 5.00 Å². The third-order valence-corrected chi connectivity index (χ3v) is 3.28. The van der Waals surface area contributed by atoms with E-state index in [1.54, 1.807) is 0 Å². The van der Waals surface area contributed by atoms with Crippen molar-refractivity contribution in [2.24, 2.45) is 0 Å². The Morgan fingerprint density at radius 1 is 1.00 bits per heavy atom. The van der Waals surface area contributed by atoms with E-state index in [9.17, 15) is 0 Å². The minimum atomic E-state index is 0. The summed E-state index contributed by atoms with van der Waals surface area (Å²) in [4.78, 5) is 3.56. The number of hydrogen-bond acceptors (Lipinski definition) is 3. The Balaban J connectivity index is 0.00000112. The van der Waals surface area contributed by atoms with Gasteiger partial charge in [-0.15, -0.1) is 11.3 Å². The van der Waals surface area contributed by atoms with E-state index in [0.29, 0.717) is 0 Å². The Labute approximate surface area is 94.8 Å². The van der Waals surface area contributed by atoms with Gasteiger partial charge in [-0.3, -0.25) is 0 Å². The van der Waals surface area contributed by atoms with Crippen LogP contribution in [0.1, 0.15) is 4.88 Å². The van der Waals surface area contributed by atoms with Crippen LogP contribution in [0.25, 0.3) is 0 Å². The molecule has 2 rings (SSSR count). The molecule has 15 heavy (non-hydrogen) atoms. The van der Waals surface area contributed by atoms with Crippen molar-refractivity contribution in [1.82, 2.24) is 6.15 Å². The van der Waals surface area contributed by atoms with Crippen LogP contribution in [0.15, 0.2) is 42.5 Å². The SMILES string of the molecule is Cc1ccc(N(C)c2ccccc2)s1.N. The maximum Gasteiger partial charge on any atom is 0.0953 e. The first kappa shape index (κ1) is 11.8. The predicted octanol–water partition coefficient (Wildman–Crippen LogP) is 3.99. The lowest BCUT2D eigenvalue weighted by Crippen LogP contribution is -2.06. The van der Waals surface area contributed by atoms with Crippen molar-refractivity contribution in [3.8, 4) is 0 Å². The summed E-state index contributed by atoms with van der Waals surface area (Å²) in [6, 6.07) is 14.7. The molecule has 0 spiro atoms. The first-order valence-electron chi connectivity index (χ1n) is 4.62. The zero-order chi connectivity index (χ0) is 9.97. The average Bonchev–Trinajstić information content (AvgIpc) is 2.65. The van der Waals surface area contributed by atoms with Crippen LogP contribution in [0.2, 0.25) is 0 Å². The Hall–Kier alpha value is -1.32. The lowest BCUT2D eigenvalue weighted by Gasteiger charge is -2.16. The molecule has 0 saturated carbocycles. The van der Waals surface area contributed by atoms with Crippen LogP contribution in [0.3, 0.4) is 0 Å². The number of rotatable bonds is 2. The maximum atomic E-state index is 2.21. The highest BCUT2D eigenvalue weighted by atomic mass is 32.1. The Bertz CT molecular complexity index is 409. The molecule has 3 heteroatoms. The molecule has 0 radical (unpaired) electrons. The lowest BCUT2D eigenvalue weighted by molar-refractivity contribution is 1.24. The zero-order valence-electron chi connectivity index (χ0n) is 9.10. The van der Waals surface area contributed by atoms with E-state index in [-0.39, 0.29) is 6.15 Å². The number of nitrogens with zero attached hydrogens (tertiary/aromatic N) is 1. The van der Waals surface area contributed by atoms with Gasteiger partial charge >= 0.3 is 0 Å². The van der Waals surface area contributed by atoms with E-state index in [4.69, 9.17) is 0 Å². The normalized spacial score (nSPS) is 9.47. The van der Waals surface area contributed by atoms with Gasteiger partial charge in [-0.05, 0) is 31.2 Å². The second-order valence-corrected chi connectivity index (χ2v) is 4.55. The Kier molecular flexibility index (Phi) is 3.88. The van der Waals surface area contributed by atoms with Gasteiger partial charge in [0.2, 0.25) is 0 Å². The fourth-order valence-electron chi connectivity index (χ4n) is 1.38. The Morgan fingerprint density at radius 3 is 2.20 bits per heavy atom. The summed E-state index contributed by atoms with van der Waals surface area (Å²) in [5, 5.41) is 1.29. The summed E-state index contributed by atoms with van der Waals surface area (Å²) in [6.07, 6.45) is 0. The molecule has 0 atom stereocenters. The van der Waals surface area contributed by atoms with Gasteiger partial charge in [0.15, 0.2) is 0 Å². The van der Waals surface area contributed by atoms with E-state index < -0.39 is 0 Å². The number of thiophene rings is 1. The smallest absolute Gasteiger partial charge is 0.0953 e. The van der Waals surface area contributed by atoms with Crippen LogP contribution in [0.5, 0.6) is 0 Å². The molecule has 2 aromatic rings. The van der Waals surface area contributed by atoms with E-state index in [1.807, 2.05) is 17.4 Å². The van der Waals surface area contributed by atoms with Gasteiger partial charge in [0.1, 0.15) is 0 Å². The van der Waals surface area contributed by atoms with Crippen LogP contribution in [-0.2, 0) is 0 Å². The third kappa shape index (κ3) is 2.58. The van der Waals surface area contributed by atoms with Gasteiger partial charge in [-0.2, -0.15) is 0 Å². The number of benzene rings is 1. The molecular formula is C12H16N2S. The van der Waals surface area contributed by atoms with Crippen molar-refractivity contribution in [3.63, 3.8) is 0 Å². The highest BCUT2D eigenvalue weighted by molar-refractivity contribution is 7.16. The molecule has 2 nitrogen and oxygen atoms in total. The Morgan fingerprint density at radius 2 is 1.67 bits per heavy atom. The van der Waals surface area contributed by atoms with E-state index in [2.05, 4.69) is 55.3 Å². The van der Waals surface area contributed by atoms with Crippen molar-refractivity contribution >= 4 is 22.0 Å². The van der Waals surface area contributed by atoms with Gasteiger partial charge in [-0.25, -0.2) is 0 Å². The lowest BCUT2D eigenvalue weighted by atomic mass is 10.3. The number of hydrogen-bond donors (Lipinski definition) is 1. The fraction of sp³-hybridized carbons (Fsp3) is 0.167. The van der Waals surface area contributed by atoms with E-state index >= 15 is 0 Å². The van der Waals surface area contributed by atoms with E-state index in [0.717, 1.165) is 0 Å². The van der Waals surface area contributed by atoms with Crippen molar-refractivity contribution in [1.29, 1.82) is 0 Å². The van der Waals surface area contributed by atoms with Crippen molar-refractivity contribution in [2.75, 3.05) is 11.9 Å². The molecule has 80 valence electrons. The van der Waals surface area contributed by atoms with Gasteiger partial charge in [-0.1, -0.05) is 18.2 Å². The molecular weight excluding hydrogens is 204 g/mol. The van der Waals surface area contributed by atoms with Crippen molar-refractivity contribution in [2.45, 2.75) is 6.92 Å². The molecule has 0 unspecified atom stereocenters. The first-order chi connectivity index (χ1) is 6.77. The highest BCUT2D eigenvalue weighted by Gasteiger charge is 2.04. The zero-order valence-corrected chi connectivity index (χ0v) is 9.92. The first-order valence-corrected chi connectivity index (χ1v) is 5.44. The summed E-state index contributed by atoms with van der Waals surface area (Å²) >= 11 is 1.82. The van der Waals surface area contributed by atoms with Gasteiger partial charge in [0, 0.05) is 17.6 Å². The summed E-state index contributed by atoms with van der Waals surface area (Å²) in [6.45, 7) is 2.13. The van der Waals surface area contributed by atoms with Crippen LogP contribution in [0.4, 0.5) is 10.7 Å². The summed E-state index contributed by atoms with van der Waals surface area (Å²) in [5.41, 5.74) is 1.23. The highest BCUT2D eigenvalue weighted by Crippen LogP contribution is 2.29. The molecule has 0 aliphatic heterocycles. The molecule has 3 N–H and O–H groups in total. The van der Waals surface area contributed by atoms with Crippen LogP contribution < -0.4 is 11.1 Å². The molecule has 0 bridgehead atoms. The molecule has 0 saturated heterocycles. The second kappa shape index (κ2) is 4.96. The summed E-state index contributed by atoms with van der Waals surface area (Å²) in [5.74, 6) is 0. The van der Waals surface area contributed by atoms with Crippen molar-refractivity contribution in [3.05, 3.63) is 47.3 Å². The fourth-order valence-corrected chi connectivity index (χ4v) is 2.23. The largest absolute Gasteiger partial charge is 0.344 e. The van der Waals surface area contributed by atoms with Crippen LogP contribution in [0, 0.1) is 6.92 Å². The van der Waals surface area contributed by atoms with Crippen molar-refractivity contribution < 1.29 is 0 Å². The number of anilines is 2. The molecule has 1 aromatic heterocycles. The standard InChI is InChI=1S/C12H13NS.H3N/c1-10-8-9-12(14-10)13(2)11-6-4-3-5-7-11;/h3-9H,1-2H3;1H3. The maximum absolute atomic E-state index is 2.21. The predicted molar refractivity (Wildman–Crippen MR) is 68.6 cm³/mol. The monoisotopic (exact) mass is 220 g/mol. The van der Waals surface area contributed by atoms with Crippen LogP contribution in [-0.4, -0.2) is 7.05 Å². The molecule has 1 aromatic carbocycles. The molecule has 0 aliphatic carbocycles. The minimum Gasteiger partial charge on any atom is -0.344 e. The molecule has 0 amide bonds. The minimum absolute atomic E-state index is 0. The molecule has 0 fully saturated rings. The quantitative estimate of drug-likeness (QED) is 0.831. The molecule has 1 heterocycles. The third-order valence-electron chi connectivity index (χ3n) is 2.20. The number of aryl methyl sites for hydroxylation is 1. The van der Waals surface area contributed by atoms with Gasteiger partial charge in [0.25, 0.3) is 0 Å². The summed E-state index contributed by atoms with van der Waals surface area (Å²) in [7, 11) is 2.10. The second-order valence-electron chi connectivity index (χ2n) is 3.28. The summed E-state index contributed by atoms with van der Waals surface area (Å²) < 4.78 is 0. The topological polar surface area (TPSA) is 38.2 Å². The van der Waals surface area contributed by atoms with E-state index in [1.165, 1.54) is 15.6 Å².